The topological polar surface area (TPSA) is 85.7 Å². The van der Waals surface area contributed by atoms with Crippen molar-refractivity contribution in [1.29, 1.82) is 0 Å². The molecule has 1 N–H and O–H groups in total. The molecule has 8 nitrogen and oxygen atoms in total. The van der Waals surface area contributed by atoms with Gasteiger partial charge < -0.3 is 14.8 Å². The van der Waals surface area contributed by atoms with Crippen molar-refractivity contribution in [2.45, 2.75) is 18.6 Å². The minimum absolute atomic E-state index is 0.0673. The van der Waals surface area contributed by atoms with E-state index < -0.39 is 0 Å². The smallest absolute Gasteiger partial charge is 0.240 e. The molecule has 2 amide bonds. The highest BCUT2D eigenvalue weighted by Gasteiger charge is 2.37. The van der Waals surface area contributed by atoms with Crippen LogP contribution in [0.3, 0.4) is 0 Å². The molecule has 1 aliphatic rings. The summed E-state index contributed by atoms with van der Waals surface area (Å²) in [5.74, 6) is 1.86. The third-order valence-electron chi connectivity index (χ3n) is 5.89. The van der Waals surface area contributed by atoms with Gasteiger partial charge in [-0.3, -0.25) is 19.2 Å². The normalized spacial score (nSPS) is 15.4. The molecule has 0 fully saturated rings. The van der Waals surface area contributed by atoms with Crippen LogP contribution in [-0.4, -0.2) is 54.7 Å². The molecule has 0 bridgehead atoms. The molecule has 0 spiro atoms. The zero-order chi connectivity index (χ0) is 24.9. The minimum atomic E-state index is -0.272. The number of aromatic nitrogens is 2. The number of hydrogen-bond donors (Lipinski definition) is 1. The van der Waals surface area contributed by atoms with Crippen LogP contribution in [0.1, 0.15) is 29.7 Å². The maximum absolute atomic E-state index is 13.4. The number of benzene rings is 2. The van der Waals surface area contributed by atoms with Crippen LogP contribution in [0.4, 0.5) is 5.82 Å². The molecule has 3 aromatic rings. The zero-order valence-corrected chi connectivity index (χ0v) is 21.2. The Labute approximate surface area is 209 Å². The lowest BCUT2D eigenvalue weighted by Gasteiger charge is -2.23. The van der Waals surface area contributed by atoms with Crippen molar-refractivity contribution in [1.82, 2.24) is 15.1 Å². The summed E-state index contributed by atoms with van der Waals surface area (Å²) in [5, 5.41) is 7.45. The highest BCUT2D eigenvalue weighted by atomic mass is 32.2. The number of aryl methyl sites for hydroxylation is 1. The van der Waals surface area contributed by atoms with Gasteiger partial charge in [-0.25, -0.2) is 0 Å². The number of carbonyl (C=O) groups is 2. The lowest BCUT2D eigenvalue weighted by atomic mass is 9.98. The van der Waals surface area contributed by atoms with Crippen LogP contribution >= 0.6 is 11.8 Å². The monoisotopic (exact) mass is 494 g/mol. The first-order chi connectivity index (χ1) is 17.0. The van der Waals surface area contributed by atoms with E-state index >= 15 is 0 Å². The van der Waals surface area contributed by atoms with Gasteiger partial charge in [0.25, 0.3) is 0 Å². The lowest BCUT2D eigenvalue weighted by molar-refractivity contribution is -0.122. The summed E-state index contributed by atoms with van der Waals surface area (Å²) >= 11 is 1.50. The third-order valence-corrected chi connectivity index (χ3v) is 7.12. The second-order valence-corrected chi connectivity index (χ2v) is 9.30. The minimum Gasteiger partial charge on any atom is -0.497 e. The molecule has 9 heteroatoms. The molecule has 0 aliphatic carbocycles. The molecule has 0 radical (unpaired) electrons. The van der Waals surface area contributed by atoms with E-state index in [9.17, 15) is 9.59 Å². The fourth-order valence-electron chi connectivity index (χ4n) is 4.25. The van der Waals surface area contributed by atoms with Gasteiger partial charge in [0.05, 0.1) is 30.9 Å². The van der Waals surface area contributed by atoms with E-state index in [4.69, 9.17) is 14.6 Å². The number of anilines is 1. The fraction of sp³-hybridized carbons (Fsp3) is 0.346. The van der Waals surface area contributed by atoms with Crippen LogP contribution in [-0.2, 0) is 16.6 Å². The van der Waals surface area contributed by atoms with Crippen LogP contribution < -0.4 is 19.7 Å². The van der Waals surface area contributed by atoms with Crippen LogP contribution in [0.5, 0.6) is 11.5 Å². The number of fused-ring (bicyclic) bond motifs is 1. The van der Waals surface area contributed by atoms with Crippen LogP contribution in [0, 0.1) is 0 Å². The first-order valence-corrected chi connectivity index (χ1v) is 12.6. The Morgan fingerprint density at radius 1 is 1.17 bits per heavy atom. The van der Waals surface area contributed by atoms with Crippen molar-refractivity contribution in [3.05, 3.63) is 59.7 Å². The number of nitrogens with zero attached hydrogens (tertiary/aromatic N) is 3. The number of carbonyl (C=O) groups excluding carboxylic acids is 2. The van der Waals surface area contributed by atoms with Gasteiger partial charge in [-0.1, -0.05) is 37.3 Å². The molecule has 1 unspecified atom stereocenters. The Morgan fingerprint density at radius 2 is 1.94 bits per heavy atom. The largest absolute Gasteiger partial charge is 0.497 e. The fourth-order valence-corrected chi connectivity index (χ4v) is 5.47. The van der Waals surface area contributed by atoms with E-state index in [1.165, 1.54) is 11.8 Å². The molecule has 35 heavy (non-hydrogen) atoms. The lowest BCUT2D eigenvalue weighted by Crippen LogP contribution is -2.42. The van der Waals surface area contributed by atoms with Gasteiger partial charge in [0.15, 0.2) is 0 Å². The molecule has 2 heterocycles. The van der Waals surface area contributed by atoms with Crippen molar-refractivity contribution >= 4 is 29.4 Å². The Bertz CT molecular complexity index is 1210. The van der Waals surface area contributed by atoms with Gasteiger partial charge in [0, 0.05) is 30.3 Å². The van der Waals surface area contributed by atoms with Gasteiger partial charge in [-0.15, -0.1) is 11.8 Å². The van der Waals surface area contributed by atoms with Gasteiger partial charge in [-0.2, -0.15) is 5.10 Å². The second-order valence-electron chi connectivity index (χ2n) is 8.20. The van der Waals surface area contributed by atoms with Crippen LogP contribution in [0.15, 0.2) is 48.5 Å². The maximum atomic E-state index is 13.4. The Balaban J connectivity index is 1.92. The van der Waals surface area contributed by atoms with Gasteiger partial charge >= 0.3 is 0 Å². The van der Waals surface area contributed by atoms with Crippen molar-refractivity contribution in [3.63, 3.8) is 0 Å². The van der Waals surface area contributed by atoms with E-state index in [2.05, 4.69) is 5.32 Å². The number of rotatable bonds is 8. The predicted molar refractivity (Wildman–Crippen MR) is 138 cm³/mol. The third kappa shape index (κ3) is 5.00. The van der Waals surface area contributed by atoms with Gasteiger partial charge in [-0.05, 0) is 24.6 Å². The molecule has 1 atom stereocenters. The molecular weight excluding hydrogens is 464 g/mol. The maximum Gasteiger partial charge on any atom is 0.240 e. The van der Waals surface area contributed by atoms with E-state index in [-0.39, 0.29) is 29.4 Å². The Kier molecular flexibility index (Phi) is 7.65. The predicted octanol–water partition coefficient (Wildman–Crippen LogP) is 3.80. The Morgan fingerprint density at radius 3 is 2.63 bits per heavy atom. The highest BCUT2D eigenvalue weighted by molar-refractivity contribution is 8.00. The molecule has 4 rings (SSSR count). The van der Waals surface area contributed by atoms with E-state index in [0.29, 0.717) is 23.9 Å². The second kappa shape index (κ2) is 10.9. The number of thioether (sulfide) groups is 1. The van der Waals surface area contributed by atoms with E-state index in [1.54, 1.807) is 23.8 Å². The van der Waals surface area contributed by atoms with Crippen molar-refractivity contribution in [2.75, 3.05) is 38.0 Å². The molecule has 2 aromatic carbocycles. The van der Waals surface area contributed by atoms with Gasteiger partial charge in [0.2, 0.25) is 11.8 Å². The first-order valence-electron chi connectivity index (χ1n) is 11.5. The molecular formula is C26H30N4O4S. The average molecular weight is 495 g/mol. The molecule has 1 aliphatic heterocycles. The number of methoxy groups -OCH3 is 2. The van der Waals surface area contributed by atoms with Crippen LogP contribution in [0.25, 0.3) is 11.3 Å². The van der Waals surface area contributed by atoms with Crippen molar-refractivity contribution in [3.8, 4) is 22.8 Å². The molecule has 0 saturated heterocycles. The number of hydrogen-bond acceptors (Lipinski definition) is 6. The standard InChI is InChI=1S/C26H30N4O4S/c1-5-13-27-21(31)15-30-22(32)16-35-25(19-14-18(33-3)11-12-20(19)34-4)23-24(28-29(2)26(23)30)17-9-7-6-8-10-17/h6-12,14,25H,5,13,15-16H2,1-4H3,(H,27,31). The number of ether oxygens (including phenoxy) is 2. The van der Waals surface area contributed by atoms with Crippen molar-refractivity contribution < 1.29 is 19.1 Å². The summed E-state index contributed by atoms with van der Waals surface area (Å²) in [4.78, 5) is 27.6. The summed E-state index contributed by atoms with van der Waals surface area (Å²) in [5.41, 5.74) is 3.44. The summed E-state index contributed by atoms with van der Waals surface area (Å²) in [6, 6.07) is 15.5. The van der Waals surface area contributed by atoms with E-state index in [0.717, 1.165) is 28.8 Å². The number of amides is 2. The van der Waals surface area contributed by atoms with Crippen LogP contribution in [0.2, 0.25) is 0 Å². The SMILES string of the molecule is CCCNC(=O)CN1C(=O)CSC(c2cc(OC)ccc2OC)c2c(-c3ccccc3)nn(C)c21. The average Bonchev–Trinajstić information content (AvgIpc) is 3.15. The number of nitrogens with one attached hydrogen (secondary N) is 1. The van der Waals surface area contributed by atoms with E-state index in [1.807, 2.05) is 62.5 Å². The summed E-state index contributed by atoms with van der Waals surface area (Å²) in [6.07, 6.45) is 0.822. The molecule has 1 aromatic heterocycles. The molecule has 184 valence electrons. The quantitative estimate of drug-likeness (QED) is 0.513. The zero-order valence-electron chi connectivity index (χ0n) is 20.4. The summed E-state index contributed by atoms with van der Waals surface area (Å²) in [6.45, 7) is 2.49. The molecule has 0 saturated carbocycles. The summed E-state index contributed by atoms with van der Waals surface area (Å²) in [7, 11) is 5.06. The van der Waals surface area contributed by atoms with Crippen molar-refractivity contribution in [2.24, 2.45) is 7.05 Å². The Hall–Kier alpha value is -3.46. The first kappa shape index (κ1) is 24.7. The highest BCUT2D eigenvalue weighted by Crippen LogP contribution is 2.50. The van der Waals surface area contributed by atoms with Gasteiger partial charge in [0.1, 0.15) is 23.9 Å². The summed E-state index contributed by atoms with van der Waals surface area (Å²) < 4.78 is 12.9.